The molecule has 104 valence electrons. The van der Waals surface area contributed by atoms with Crippen molar-refractivity contribution in [2.24, 2.45) is 0 Å². The van der Waals surface area contributed by atoms with Gasteiger partial charge in [0.25, 0.3) is 0 Å². The minimum absolute atomic E-state index is 0.580. The standard InChI is InChI=1S/C14H21BrN2OSi/c1-11-7-12(15)8-13-14(11)16-9-17(13)10-18-5-6-19(2,3)4/h7-9H,5-6,10H2,1-4H3. The molecular formula is C14H21BrN2OSi. The van der Waals surface area contributed by atoms with Crippen LogP contribution in [0.4, 0.5) is 0 Å². The van der Waals surface area contributed by atoms with Crippen LogP contribution in [0.2, 0.25) is 25.7 Å². The molecule has 0 spiro atoms. The predicted octanol–water partition coefficient (Wildman–Crippen LogP) is 4.42. The molecule has 0 aliphatic rings. The van der Waals surface area contributed by atoms with Crippen molar-refractivity contribution in [1.82, 2.24) is 9.55 Å². The van der Waals surface area contributed by atoms with Crippen molar-refractivity contribution in [1.29, 1.82) is 0 Å². The highest BCUT2D eigenvalue weighted by atomic mass is 79.9. The number of halogens is 1. The number of aryl methyl sites for hydroxylation is 1. The van der Waals surface area contributed by atoms with Crippen molar-refractivity contribution in [3.05, 3.63) is 28.5 Å². The fraction of sp³-hybridized carbons (Fsp3) is 0.500. The van der Waals surface area contributed by atoms with Crippen molar-refractivity contribution in [2.75, 3.05) is 6.61 Å². The molecule has 0 atom stereocenters. The van der Waals surface area contributed by atoms with Crippen LogP contribution in [0, 0.1) is 6.92 Å². The summed E-state index contributed by atoms with van der Waals surface area (Å²) in [6.07, 6.45) is 1.86. The first-order valence-electron chi connectivity index (χ1n) is 6.55. The van der Waals surface area contributed by atoms with Gasteiger partial charge < -0.3 is 9.30 Å². The van der Waals surface area contributed by atoms with E-state index in [2.05, 4.69) is 64.2 Å². The molecule has 19 heavy (non-hydrogen) atoms. The number of imidazole rings is 1. The second kappa shape index (κ2) is 5.77. The summed E-state index contributed by atoms with van der Waals surface area (Å²) in [6.45, 7) is 10.6. The number of ether oxygens (including phenoxy) is 1. The van der Waals surface area contributed by atoms with E-state index in [0.29, 0.717) is 6.73 Å². The molecular weight excluding hydrogens is 320 g/mol. The second-order valence-corrected chi connectivity index (χ2v) is 12.7. The van der Waals surface area contributed by atoms with E-state index in [0.717, 1.165) is 22.1 Å². The normalized spacial score (nSPS) is 12.3. The fourth-order valence-electron chi connectivity index (χ4n) is 1.94. The first-order valence-corrected chi connectivity index (χ1v) is 11.1. The van der Waals surface area contributed by atoms with Crippen LogP contribution in [0.1, 0.15) is 5.56 Å². The van der Waals surface area contributed by atoms with Crippen molar-refractivity contribution in [2.45, 2.75) is 39.3 Å². The minimum atomic E-state index is -1.01. The maximum Gasteiger partial charge on any atom is 0.124 e. The quantitative estimate of drug-likeness (QED) is 0.595. The number of rotatable bonds is 5. The zero-order valence-corrected chi connectivity index (χ0v) is 14.6. The highest BCUT2D eigenvalue weighted by Gasteiger charge is 2.12. The van der Waals surface area contributed by atoms with Crippen molar-refractivity contribution in [3.63, 3.8) is 0 Å². The molecule has 0 unspecified atom stereocenters. The Hall–Kier alpha value is -0.653. The van der Waals surface area contributed by atoms with Crippen LogP contribution >= 0.6 is 15.9 Å². The number of fused-ring (bicyclic) bond motifs is 1. The number of aromatic nitrogens is 2. The molecule has 0 saturated carbocycles. The van der Waals surface area contributed by atoms with Crippen LogP contribution in [0.15, 0.2) is 22.9 Å². The van der Waals surface area contributed by atoms with Crippen molar-refractivity contribution in [3.8, 4) is 0 Å². The maximum absolute atomic E-state index is 5.78. The van der Waals surface area contributed by atoms with Gasteiger partial charge in [-0.1, -0.05) is 35.6 Å². The van der Waals surface area contributed by atoms with E-state index in [1.165, 1.54) is 11.6 Å². The third kappa shape index (κ3) is 3.90. The zero-order chi connectivity index (χ0) is 14.0. The lowest BCUT2D eigenvalue weighted by Gasteiger charge is -2.15. The molecule has 0 aliphatic heterocycles. The molecule has 1 aromatic heterocycles. The largest absolute Gasteiger partial charge is 0.361 e. The Morgan fingerprint density at radius 2 is 2.05 bits per heavy atom. The van der Waals surface area contributed by atoms with Crippen molar-refractivity contribution >= 4 is 35.0 Å². The second-order valence-electron chi connectivity index (χ2n) is 6.15. The molecule has 5 heteroatoms. The fourth-order valence-corrected chi connectivity index (χ4v) is 3.26. The van der Waals surface area contributed by atoms with Crippen LogP contribution in [0.3, 0.4) is 0 Å². The molecule has 0 N–H and O–H groups in total. The van der Waals surface area contributed by atoms with Gasteiger partial charge in [-0.3, -0.25) is 0 Å². The summed E-state index contributed by atoms with van der Waals surface area (Å²) in [5, 5.41) is 0. The molecule has 2 rings (SSSR count). The van der Waals surface area contributed by atoms with Crippen LogP contribution in [0.5, 0.6) is 0 Å². The van der Waals surface area contributed by atoms with Gasteiger partial charge in [0.15, 0.2) is 0 Å². The average molecular weight is 341 g/mol. The summed E-state index contributed by atoms with van der Waals surface area (Å²) in [4.78, 5) is 4.46. The average Bonchev–Trinajstić information content (AvgIpc) is 2.66. The van der Waals surface area contributed by atoms with E-state index >= 15 is 0 Å². The van der Waals surface area contributed by atoms with Crippen LogP contribution in [0.25, 0.3) is 11.0 Å². The summed E-state index contributed by atoms with van der Waals surface area (Å²) in [7, 11) is -1.01. The predicted molar refractivity (Wildman–Crippen MR) is 86.3 cm³/mol. The third-order valence-electron chi connectivity index (χ3n) is 3.11. The molecule has 0 fully saturated rings. The minimum Gasteiger partial charge on any atom is -0.361 e. The number of nitrogens with zero attached hydrogens (tertiary/aromatic N) is 2. The van der Waals surface area contributed by atoms with E-state index in [4.69, 9.17) is 4.74 Å². The SMILES string of the molecule is Cc1cc(Br)cc2c1ncn2COCC[Si](C)(C)C. The third-order valence-corrected chi connectivity index (χ3v) is 5.27. The first kappa shape index (κ1) is 14.7. The van der Waals surface area contributed by atoms with E-state index in [-0.39, 0.29) is 0 Å². The Morgan fingerprint density at radius 3 is 2.74 bits per heavy atom. The Morgan fingerprint density at radius 1 is 1.32 bits per heavy atom. The van der Waals surface area contributed by atoms with E-state index in [1.807, 2.05) is 6.33 Å². The Labute approximate surface area is 124 Å². The summed E-state index contributed by atoms with van der Waals surface area (Å²) >= 11 is 3.53. The van der Waals surface area contributed by atoms with Gasteiger partial charge in [-0.15, -0.1) is 0 Å². The maximum atomic E-state index is 5.78. The lowest BCUT2D eigenvalue weighted by Crippen LogP contribution is -2.21. The molecule has 3 nitrogen and oxygen atoms in total. The van der Waals surface area contributed by atoms with Crippen LogP contribution < -0.4 is 0 Å². The van der Waals surface area contributed by atoms with Gasteiger partial charge in [0, 0.05) is 19.2 Å². The Bertz CT molecular complexity index is 575. The van der Waals surface area contributed by atoms with E-state index in [9.17, 15) is 0 Å². The molecule has 2 aromatic rings. The number of hydrogen-bond donors (Lipinski definition) is 0. The lowest BCUT2D eigenvalue weighted by molar-refractivity contribution is 0.0898. The van der Waals surface area contributed by atoms with Gasteiger partial charge in [0.1, 0.15) is 6.73 Å². The zero-order valence-electron chi connectivity index (χ0n) is 12.0. The molecule has 0 bridgehead atoms. The van der Waals surface area contributed by atoms with E-state index in [1.54, 1.807) is 0 Å². The number of hydrogen-bond acceptors (Lipinski definition) is 2. The number of benzene rings is 1. The Kier molecular flexibility index (Phi) is 4.48. The molecule has 1 heterocycles. The van der Waals surface area contributed by atoms with Crippen molar-refractivity contribution < 1.29 is 4.74 Å². The van der Waals surface area contributed by atoms with Gasteiger partial charge in [-0.25, -0.2) is 4.98 Å². The molecule has 1 aromatic carbocycles. The summed E-state index contributed by atoms with van der Waals surface area (Å²) in [6, 6.07) is 5.38. The van der Waals surface area contributed by atoms with Gasteiger partial charge in [0.2, 0.25) is 0 Å². The molecule has 0 saturated heterocycles. The smallest absolute Gasteiger partial charge is 0.124 e. The molecule has 0 aliphatic carbocycles. The summed E-state index contributed by atoms with van der Waals surface area (Å²) in [5.74, 6) is 0. The van der Waals surface area contributed by atoms with Gasteiger partial charge >= 0.3 is 0 Å². The summed E-state index contributed by atoms with van der Waals surface area (Å²) < 4.78 is 8.94. The first-order chi connectivity index (χ1) is 8.87. The van der Waals surface area contributed by atoms with Gasteiger partial charge in [-0.05, 0) is 30.7 Å². The van der Waals surface area contributed by atoms with Crippen LogP contribution in [-0.4, -0.2) is 24.2 Å². The lowest BCUT2D eigenvalue weighted by atomic mass is 10.2. The Balaban J connectivity index is 2.05. The van der Waals surface area contributed by atoms with Gasteiger partial charge in [0.05, 0.1) is 17.4 Å². The monoisotopic (exact) mass is 340 g/mol. The van der Waals surface area contributed by atoms with Crippen LogP contribution in [-0.2, 0) is 11.5 Å². The van der Waals surface area contributed by atoms with E-state index < -0.39 is 8.07 Å². The highest BCUT2D eigenvalue weighted by Crippen LogP contribution is 2.23. The molecule has 0 radical (unpaired) electrons. The van der Waals surface area contributed by atoms with Gasteiger partial charge in [-0.2, -0.15) is 0 Å². The molecule has 0 amide bonds. The topological polar surface area (TPSA) is 27.1 Å². The highest BCUT2D eigenvalue weighted by molar-refractivity contribution is 9.10. The summed E-state index contributed by atoms with van der Waals surface area (Å²) in [5.41, 5.74) is 3.36.